The van der Waals surface area contributed by atoms with Gasteiger partial charge in [-0.15, -0.1) is 10.2 Å². The van der Waals surface area contributed by atoms with Crippen LogP contribution >= 0.6 is 0 Å². The number of hydrogen-bond donors (Lipinski definition) is 1. The Balaban J connectivity index is 1.90. The van der Waals surface area contributed by atoms with Crippen LogP contribution in [-0.4, -0.2) is 39.3 Å². The first kappa shape index (κ1) is 15.6. The second kappa shape index (κ2) is 7.30. The quantitative estimate of drug-likeness (QED) is 0.808. The van der Waals surface area contributed by atoms with Crippen molar-refractivity contribution in [1.29, 1.82) is 0 Å². The van der Waals surface area contributed by atoms with E-state index in [2.05, 4.69) is 20.5 Å². The highest BCUT2D eigenvalue weighted by molar-refractivity contribution is 5.92. The molecule has 0 unspecified atom stereocenters. The molecular weight excluding hydrogens is 286 g/mol. The van der Waals surface area contributed by atoms with Gasteiger partial charge in [-0.3, -0.25) is 14.2 Å². The van der Waals surface area contributed by atoms with Gasteiger partial charge in [0, 0.05) is 30.9 Å². The third-order valence-corrected chi connectivity index (χ3v) is 3.02. The highest BCUT2D eigenvalue weighted by Crippen LogP contribution is 2.03. The average molecular weight is 303 g/mol. The summed E-state index contributed by atoms with van der Waals surface area (Å²) < 4.78 is 6.31. The first-order valence-corrected chi connectivity index (χ1v) is 6.85. The number of ether oxygens (including phenoxy) is 1. The Morgan fingerprint density at radius 2 is 2.18 bits per heavy atom. The van der Waals surface area contributed by atoms with Crippen LogP contribution in [0.25, 0.3) is 0 Å². The highest BCUT2D eigenvalue weighted by Gasteiger charge is 2.08. The number of hydrogen-bond acceptors (Lipinski definition) is 6. The zero-order valence-corrected chi connectivity index (χ0v) is 12.4. The van der Waals surface area contributed by atoms with Crippen LogP contribution in [0.15, 0.2) is 29.3 Å². The highest BCUT2D eigenvalue weighted by atomic mass is 16.5. The number of aromatic nitrogens is 4. The summed E-state index contributed by atoms with van der Waals surface area (Å²) in [6, 6.07) is 4.57. The first-order valence-electron chi connectivity index (χ1n) is 6.85. The van der Waals surface area contributed by atoms with Crippen molar-refractivity contribution >= 4 is 5.91 Å². The molecular formula is C14H17N5O3. The molecule has 8 nitrogen and oxygen atoms in total. The predicted molar refractivity (Wildman–Crippen MR) is 78.8 cm³/mol. The number of amides is 1. The zero-order chi connectivity index (χ0) is 15.9. The Kier molecular flexibility index (Phi) is 5.18. The molecule has 1 amide bonds. The second-order valence-electron chi connectivity index (χ2n) is 4.48. The number of nitrogens with zero attached hydrogens (tertiary/aromatic N) is 4. The van der Waals surface area contributed by atoms with E-state index < -0.39 is 0 Å². The van der Waals surface area contributed by atoms with Crippen molar-refractivity contribution in [2.45, 2.75) is 19.9 Å². The van der Waals surface area contributed by atoms with E-state index in [0.717, 1.165) is 5.69 Å². The van der Waals surface area contributed by atoms with E-state index in [1.165, 1.54) is 30.1 Å². The second-order valence-corrected chi connectivity index (χ2v) is 4.48. The molecule has 0 saturated carbocycles. The van der Waals surface area contributed by atoms with Crippen molar-refractivity contribution in [2.75, 3.05) is 13.7 Å². The summed E-state index contributed by atoms with van der Waals surface area (Å²) in [6.07, 6.45) is 2.20. The summed E-state index contributed by atoms with van der Waals surface area (Å²) in [4.78, 5) is 27.8. The van der Waals surface area contributed by atoms with Gasteiger partial charge in [0.2, 0.25) is 5.88 Å². The van der Waals surface area contributed by atoms with Crippen molar-refractivity contribution in [3.05, 3.63) is 46.3 Å². The molecule has 0 bridgehead atoms. The predicted octanol–water partition coefficient (Wildman–Crippen LogP) is 0.0343. The van der Waals surface area contributed by atoms with E-state index in [9.17, 15) is 9.59 Å². The molecule has 1 N–H and O–H groups in total. The Hall–Kier alpha value is -2.77. The van der Waals surface area contributed by atoms with Crippen molar-refractivity contribution in [3.63, 3.8) is 0 Å². The fraction of sp³-hybridized carbons (Fsp3) is 0.357. The fourth-order valence-electron chi connectivity index (χ4n) is 1.76. The van der Waals surface area contributed by atoms with E-state index in [1.54, 1.807) is 6.07 Å². The summed E-state index contributed by atoms with van der Waals surface area (Å²) in [5.74, 6) is -0.0217. The van der Waals surface area contributed by atoms with Crippen LogP contribution in [0, 0.1) is 0 Å². The molecule has 0 aliphatic rings. The number of carbonyl (C=O) groups is 1. The molecule has 2 aromatic rings. The van der Waals surface area contributed by atoms with Gasteiger partial charge in [0.05, 0.1) is 13.4 Å². The molecule has 0 atom stereocenters. The summed E-state index contributed by atoms with van der Waals surface area (Å²) in [6.45, 7) is 2.56. The number of nitrogens with one attached hydrogen (secondary N) is 1. The maximum atomic E-state index is 11.9. The number of aryl methyl sites for hydroxylation is 1. The standard InChI is InChI=1S/C14H17N5O3/c1-3-10-8-13(20)19(9-16-10)7-6-15-14(21)11-4-5-12(22-2)18-17-11/h4-5,8-9H,3,6-7H2,1-2H3,(H,15,21). The summed E-state index contributed by atoms with van der Waals surface area (Å²) in [5.41, 5.74) is 0.803. The molecule has 0 spiro atoms. The zero-order valence-electron chi connectivity index (χ0n) is 12.4. The monoisotopic (exact) mass is 303 g/mol. The molecule has 2 rings (SSSR count). The molecule has 116 valence electrons. The van der Waals surface area contributed by atoms with Gasteiger partial charge < -0.3 is 10.1 Å². The van der Waals surface area contributed by atoms with Crippen LogP contribution < -0.4 is 15.6 Å². The van der Waals surface area contributed by atoms with Crippen molar-refractivity contribution < 1.29 is 9.53 Å². The van der Waals surface area contributed by atoms with Crippen LogP contribution in [0.3, 0.4) is 0 Å². The van der Waals surface area contributed by atoms with Crippen molar-refractivity contribution in [3.8, 4) is 5.88 Å². The van der Waals surface area contributed by atoms with Crippen LogP contribution in [0.5, 0.6) is 5.88 Å². The van der Waals surface area contributed by atoms with E-state index in [-0.39, 0.29) is 17.2 Å². The molecule has 2 aromatic heterocycles. The van der Waals surface area contributed by atoms with E-state index in [1.807, 2.05) is 6.92 Å². The molecule has 0 aromatic carbocycles. The number of methoxy groups -OCH3 is 1. The smallest absolute Gasteiger partial charge is 0.271 e. The van der Waals surface area contributed by atoms with Gasteiger partial charge in [0.25, 0.3) is 11.5 Å². The number of rotatable bonds is 6. The first-order chi connectivity index (χ1) is 10.6. The lowest BCUT2D eigenvalue weighted by molar-refractivity contribution is 0.0946. The van der Waals surface area contributed by atoms with Gasteiger partial charge in [-0.05, 0) is 12.5 Å². The van der Waals surface area contributed by atoms with Gasteiger partial charge in [-0.1, -0.05) is 6.92 Å². The van der Waals surface area contributed by atoms with Gasteiger partial charge in [0.15, 0.2) is 5.69 Å². The third kappa shape index (κ3) is 3.87. The molecule has 22 heavy (non-hydrogen) atoms. The summed E-state index contributed by atoms with van der Waals surface area (Å²) >= 11 is 0. The van der Waals surface area contributed by atoms with Crippen molar-refractivity contribution in [1.82, 2.24) is 25.1 Å². The fourth-order valence-corrected chi connectivity index (χ4v) is 1.76. The van der Waals surface area contributed by atoms with E-state index in [0.29, 0.717) is 25.4 Å². The Labute approximate surface area is 127 Å². The Bertz CT molecular complexity index is 696. The minimum Gasteiger partial charge on any atom is -0.480 e. The van der Waals surface area contributed by atoms with Crippen LogP contribution in [-0.2, 0) is 13.0 Å². The van der Waals surface area contributed by atoms with Crippen LogP contribution in [0.4, 0.5) is 0 Å². The molecule has 0 radical (unpaired) electrons. The van der Waals surface area contributed by atoms with Gasteiger partial charge in [-0.25, -0.2) is 4.98 Å². The lowest BCUT2D eigenvalue weighted by atomic mass is 10.3. The maximum absolute atomic E-state index is 11.9. The lowest BCUT2D eigenvalue weighted by Gasteiger charge is -2.07. The SMILES string of the molecule is CCc1cc(=O)n(CCNC(=O)c2ccc(OC)nn2)cn1. The molecule has 2 heterocycles. The minimum atomic E-state index is -0.360. The molecule has 8 heteroatoms. The largest absolute Gasteiger partial charge is 0.480 e. The average Bonchev–Trinajstić information content (AvgIpc) is 2.56. The van der Waals surface area contributed by atoms with Crippen molar-refractivity contribution in [2.24, 2.45) is 0 Å². The number of carbonyl (C=O) groups excluding carboxylic acids is 1. The van der Waals surface area contributed by atoms with Crippen LogP contribution in [0.2, 0.25) is 0 Å². The van der Waals surface area contributed by atoms with E-state index >= 15 is 0 Å². The third-order valence-electron chi connectivity index (χ3n) is 3.02. The normalized spacial score (nSPS) is 10.3. The van der Waals surface area contributed by atoms with Gasteiger partial charge >= 0.3 is 0 Å². The van der Waals surface area contributed by atoms with Gasteiger partial charge in [-0.2, -0.15) is 0 Å². The maximum Gasteiger partial charge on any atom is 0.271 e. The topological polar surface area (TPSA) is 99.0 Å². The summed E-state index contributed by atoms with van der Waals surface area (Å²) in [7, 11) is 1.47. The minimum absolute atomic E-state index is 0.134. The van der Waals surface area contributed by atoms with Crippen LogP contribution in [0.1, 0.15) is 23.1 Å². The summed E-state index contributed by atoms with van der Waals surface area (Å²) in [5, 5.41) is 10.1. The van der Waals surface area contributed by atoms with Gasteiger partial charge in [0.1, 0.15) is 0 Å². The Morgan fingerprint density at radius 1 is 1.36 bits per heavy atom. The lowest BCUT2D eigenvalue weighted by Crippen LogP contribution is -2.31. The molecule has 0 fully saturated rings. The molecule has 0 aliphatic heterocycles. The molecule has 0 saturated heterocycles. The Morgan fingerprint density at radius 3 is 2.77 bits per heavy atom. The van der Waals surface area contributed by atoms with E-state index in [4.69, 9.17) is 4.74 Å². The molecule has 0 aliphatic carbocycles.